The molecule has 2 aromatic rings. The zero-order valence-corrected chi connectivity index (χ0v) is 15.8. The van der Waals surface area contributed by atoms with E-state index in [1.54, 1.807) is 6.07 Å². The van der Waals surface area contributed by atoms with Gasteiger partial charge in [-0.15, -0.1) is 0 Å². The van der Waals surface area contributed by atoms with Crippen LogP contribution in [0, 0.1) is 6.92 Å². The van der Waals surface area contributed by atoms with Gasteiger partial charge in [-0.2, -0.15) is 0 Å². The molecule has 2 heterocycles. The van der Waals surface area contributed by atoms with Crippen LogP contribution in [-0.4, -0.2) is 33.4 Å². The van der Waals surface area contributed by atoms with Crippen LogP contribution in [0.25, 0.3) is 0 Å². The number of piperidine rings is 1. The van der Waals surface area contributed by atoms with Gasteiger partial charge in [0.15, 0.2) is 0 Å². The summed E-state index contributed by atoms with van der Waals surface area (Å²) in [6.07, 6.45) is 8.27. The molecule has 0 aliphatic carbocycles. The lowest BCUT2D eigenvalue weighted by Gasteiger charge is -2.32. The Morgan fingerprint density at radius 2 is 2.08 bits per heavy atom. The van der Waals surface area contributed by atoms with Gasteiger partial charge in [-0.05, 0) is 43.9 Å². The second-order valence-corrected chi connectivity index (χ2v) is 7.29. The highest BCUT2D eigenvalue weighted by Gasteiger charge is 2.27. The summed E-state index contributed by atoms with van der Waals surface area (Å²) in [5, 5.41) is 0.613. The third-order valence-corrected chi connectivity index (χ3v) is 5.31. The molecule has 0 saturated carbocycles. The first-order valence-electron chi connectivity index (χ1n) is 9.16. The van der Waals surface area contributed by atoms with E-state index in [0.717, 1.165) is 43.6 Å². The van der Waals surface area contributed by atoms with Crippen molar-refractivity contribution in [2.24, 2.45) is 0 Å². The Morgan fingerprint density at radius 1 is 1.32 bits per heavy atom. The van der Waals surface area contributed by atoms with Crippen LogP contribution < -0.4 is 0 Å². The molecule has 0 N–H and O–H groups in total. The summed E-state index contributed by atoms with van der Waals surface area (Å²) in [7, 11) is 0. The topological polar surface area (TPSA) is 38.1 Å². The summed E-state index contributed by atoms with van der Waals surface area (Å²) >= 11 is 6.07. The molecule has 1 aliphatic rings. The highest BCUT2D eigenvalue weighted by atomic mass is 35.5. The summed E-state index contributed by atoms with van der Waals surface area (Å²) in [4.78, 5) is 19.4. The first-order valence-corrected chi connectivity index (χ1v) is 9.54. The predicted octanol–water partition coefficient (Wildman–Crippen LogP) is 4.66. The Bertz CT molecular complexity index is 732. The summed E-state index contributed by atoms with van der Waals surface area (Å²) in [6, 6.07) is 5.52. The Balaban J connectivity index is 1.65. The van der Waals surface area contributed by atoms with E-state index in [-0.39, 0.29) is 5.91 Å². The molecular weight excluding hydrogens is 334 g/mol. The van der Waals surface area contributed by atoms with Crippen molar-refractivity contribution in [1.29, 1.82) is 0 Å². The van der Waals surface area contributed by atoms with Gasteiger partial charge in [0, 0.05) is 48.5 Å². The number of carbonyl (C=O) groups excluding carboxylic acids is 1. The highest BCUT2D eigenvalue weighted by Crippen LogP contribution is 2.28. The summed E-state index contributed by atoms with van der Waals surface area (Å²) in [5.74, 6) is 1.71. The fourth-order valence-corrected chi connectivity index (χ4v) is 3.71. The van der Waals surface area contributed by atoms with Crippen LogP contribution in [0.1, 0.15) is 60.3 Å². The molecule has 1 aromatic carbocycles. The highest BCUT2D eigenvalue weighted by molar-refractivity contribution is 6.31. The molecule has 0 unspecified atom stereocenters. The van der Waals surface area contributed by atoms with E-state index in [4.69, 9.17) is 11.6 Å². The second-order valence-electron chi connectivity index (χ2n) is 6.86. The Labute approximate surface area is 154 Å². The first-order chi connectivity index (χ1) is 12.1. The zero-order chi connectivity index (χ0) is 17.8. The number of benzene rings is 1. The Morgan fingerprint density at radius 3 is 2.80 bits per heavy atom. The van der Waals surface area contributed by atoms with Gasteiger partial charge >= 0.3 is 0 Å². The molecule has 0 radical (unpaired) electrons. The van der Waals surface area contributed by atoms with E-state index in [1.165, 1.54) is 18.7 Å². The van der Waals surface area contributed by atoms with Crippen molar-refractivity contribution < 1.29 is 4.79 Å². The van der Waals surface area contributed by atoms with E-state index in [1.807, 2.05) is 30.2 Å². The number of hydrogen-bond acceptors (Lipinski definition) is 2. The maximum absolute atomic E-state index is 12.8. The molecule has 5 heteroatoms. The summed E-state index contributed by atoms with van der Waals surface area (Å²) in [6.45, 7) is 6.75. The zero-order valence-electron chi connectivity index (χ0n) is 15.0. The number of halogens is 1. The van der Waals surface area contributed by atoms with Crippen LogP contribution in [0.2, 0.25) is 5.02 Å². The molecule has 1 aromatic heterocycles. The van der Waals surface area contributed by atoms with Gasteiger partial charge in [0.25, 0.3) is 5.91 Å². The number of hydrogen-bond donors (Lipinski definition) is 0. The van der Waals surface area contributed by atoms with E-state index in [9.17, 15) is 4.79 Å². The molecule has 1 fully saturated rings. The monoisotopic (exact) mass is 359 g/mol. The van der Waals surface area contributed by atoms with Gasteiger partial charge in [-0.3, -0.25) is 4.79 Å². The Hall–Kier alpha value is -1.81. The molecular formula is C20H26ClN3O. The standard InChI is InChI=1S/C20H26ClN3O/c1-3-4-10-23-13-9-22-19(23)16-7-11-24(12-8-16)20(25)18-14-17(21)6-5-15(18)2/h5-6,9,13-14,16H,3-4,7-8,10-12H2,1-2H3. The summed E-state index contributed by atoms with van der Waals surface area (Å²) in [5.41, 5.74) is 1.70. The van der Waals surface area contributed by atoms with Crippen molar-refractivity contribution in [2.75, 3.05) is 13.1 Å². The van der Waals surface area contributed by atoms with Crippen LogP contribution in [0.15, 0.2) is 30.6 Å². The maximum atomic E-state index is 12.8. The van der Waals surface area contributed by atoms with Gasteiger partial charge in [0.2, 0.25) is 0 Å². The minimum absolute atomic E-state index is 0.0905. The molecule has 3 rings (SSSR count). The number of aromatic nitrogens is 2. The molecule has 134 valence electrons. The molecule has 1 saturated heterocycles. The smallest absolute Gasteiger partial charge is 0.254 e. The third-order valence-electron chi connectivity index (χ3n) is 5.08. The minimum Gasteiger partial charge on any atom is -0.339 e. The van der Waals surface area contributed by atoms with Crippen LogP contribution in [0.3, 0.4) is 0 Å². The predicted molar refractivity (Wildman–Crippen MR) is 101 cm³/mol. The van der Waals surface area contributed by atoms with Crippen LogP contribution in [0.5, 0.6) is 0 Å². The second kappa shape index (κ2) is 8.05. The normalized spacial score (nSPS) is 15.6. The number of unbranched alkanes of at least 4 members (excludes halogenated alkanes) is 1. The van der Waals surface area contributed by atoms with Crippen molar-refractivity contribution >= 4 is 17.5 Å². The molecule has 1 amide bonds. The van der Waals surface area contributed by atoms with Crippen molar-refractivity contribution in [2.45, 2.75) is 52.0 Å². The number of likely N-dealkylation sites (tertiary alicyclic amines) is 1. The van der Waals surface area contributed by atoms with Gasteiger partial charge in [-0.25, -0.2) is 4.98 Å². The maximum Gasteiger partial charge on any atom is 0.254 e. The first kappa shape index (κ1) is 18.0. The van der Waals surface area contributed by atoms with Gasteiger partial charge < -0.3 is 9.47 Å². The average Bonchev–Trinajstić information content (AvgIpc) is 3.10. The van der Waals surface area contributed by atoms with E-state index >= 15 is 0 Å². The van der Waals surface area contributed by atoms with Crippen molar-refractivity contribution in [3.05, 3.63) is 52.6 Å². The lowest BCUT2D eigenvalue weighted by molar-refractivity contribution is 0.0709. The van der Waals surface area contributed by atoms with Crippen molar-refractivity contribution in [1.82, 2.24) is 14.5 Å². The molecule has 1 aliphatic heterocycles. The van der Waals surface area contributed by atoms with Gasteiger partial charge in [0.05, 0.1) is 0 Å². The number of imidazole rings is 1. The minimum atomic E-state index is 0.0905. The molecule has 25 heavy (non-hydrogen) atoms. The van der Waals surface area contributed by atoms with Crippen LogP contribution in [0.4, 0.5) is 0 Å². The van der Waals surface area contributed by atoms with E-state index < -0.39 is 0 Å². The third kappa shape index (κ3) is 4.06. The van der Waals surface area contributed by atoms with Gasteiger partial charge in [0.1, 0.15) is 5.82 Å². The Kier molecular flexibility index (Phi) is 5.79. The number of rotatable bonds is 5. The van der Waals surface area contributed by atoms with Crippen molar-refractivity contribution in [3.63, 3.8) is 0 Å². The SMILES string of the molecule is CCCCn1ccnc1C1CCN(C(=O)c2cc(Cl)ccc2C)CC1. The molecule has 0 atom stereocenters. The summed E-state index contributed by atoms with van der Waals surface area (Å²) < 4.78 is 2.28. The largest absolute Gasteiger partial charge is 0.339 e. The van der Waals surface area contributed by atoms with E-state index in [0.29, 0.717) is 10.9 Å². The van der Waals surface area contributed by atoms with Gasteiger partial charge in [-0.1, -0.05) is 31.0 Å². The molecule has 4 nitrogen and oxygen atoms in total. The molecule has 0 bridgehead atoms. The number of aryl methyl sites for hydroxylation is 2. The fraction of sp³-hybridized carbons (Fsp3) is 0.500. The van der Waals surface area contributed by atoms with Crippen molar-refractivity contribution in [3.8, 4) is 0 Å². The number of amides is 1. The van der Waals surface area contributed by atoms with E-state index in [2.05, 4.69) is 22.7 Å². The number of carbonyl (C=O) groups is 1. The van der Waals surface area contributed by atoms with Crippen LogP contribution >= 0.6 is 11.6 Å². The fourth-order valence-electron chi connectivity index (χ4n) is 3.53. The quantitative estimate of drug-likeness (QED) is 0.778. The lowest BCUT2D eigenvalue weighted by atomic mass is 9.95. The molecule has 0 spiro atoms. The average molecular weight is 360 g/mol. The number of nitrogens with zero attached hydrogens (tertiary/aromatic N) is 3. The van der Waals surface area contributed by atoms with Crippen LogP contribution in [-0.2, 0) is 6.54 Å². The lowest BCUT2D eigenvalue weighted by Crippen LogP contribution is -2.38.